The topological polar surface area (TPSA) is 50.3 Å². The minimum Gasteiger partial charge on any atom is -0.494 e. The van der Waals surface area contributed by atoms with E-state index < -0.39 is 0 Å². The fraction of sp³-hybridized carbons (Fsp3) is 0.667. The van der Waals surface area contributed by atoms with Gasteiger partial charge in [-0.25, -0.2) is 9.97 Å². The molecule has 2 aliphatic rings. The molecular weight excluding hydrogens is 216 g/mol. The molecular formula is C12H18N4O. The molecule has 0 radical (unpaired) electrons. The number of rotatable bonds is 2. The quantitative estimate of drug-likeness (QED) is 0.809. The van der Waals surface area contributed by atoms with Gasteiger partial charge in [0.1, 0.15) is 0 Å². The fourth-order valence-corrected chi connectivity index (χ4v) is 2.99. The summed E-state index contributed by atoms with van der Waals surface area (Å²) in [5, 5.41) is 3.46. The van der Waals surface area contributed by atoms with Gasteiger partial charge in [0.25, 0.3) is 0 Å². The molecule has 3 rings (SSSR count). The maximum absolute atomic E-state index is 5.08. The second kappa shape index (κ2) is 4.14. The molecule has 0 bridgehead atoms. The fourth-order valence-electron chi connectivity index (χ4n) is 2.99. The number of methoxy groups -OCH3 is 1. The lowest BCUT2D eigenvalue weighted by molar-refractivity contribution is 0.410. The summed E-state index contributed by atoms with van der Waals surface area (Å²) in [5.41, 5.74) is 0. The molecule has 0 saturated carbocycles. The second-order valence-corrected chi connectivity index (χ2v) is 4.90. The van der Waals surface area contributed by atoms with Crippen LogP contribution in [0.4, 0.5) is 5.95 Å². The van der Waals surface area contributed by atoms with Crippen LogP contribution in [0.3, 0.4) is 0 Å². The molecule has 3 heterocycles. The molecule has 1 N–H and O–H groups in total. The Labute approximate surface area is 101 Å². The first kappa shape index (κ1) is 10.8. The number of hydrogen-bond donors (Lipinski definition) is 1. The predicted molar refractivity (Wildman–Crippen MR) is 65.2 cm³/mol. The van der Waals surface area contributed by atoms with Crippen LogP contribution in [0.25, 0.3) is 0 Å². The van der Waals surface area contributed by atoms with Crippen molar-refractivity contribution < 1.29 is 4.74 Å². The Hall–Kier alpha value is -1.36. The minimum absolute atomic E-state index is 0.517. The maximum Gasteiger partial charge on any atom is 0.225 e. The molecule has 2 fully saturated rings. The zero-order valence-electron chi connectivity index (χ0n) is 10.3. The normalized spacial score (nSPS) is 31.6. The smallest absolute Gasteiger partial charge is 0.225 e. The van der Waals surface area contributed by atoms with Crippen molar-refractivity contribution in [1.29, 1.82) is 0 Å². The van der Waals surface area contributed by atoms with Crippen molar-refractivity contribution in [1.82, 2.24) is 15.3 Å². The molecule has 92 valence electrons. The minimum atomic E-state index is 0.517. The SMILES string of the molecule is COc1cnc(N2CC3CNCC3C2C)nc1. The van der Waals surface area contributed by atoms with Crippen molar-refractivity contribution in [2.45, 2.75) is 13.0 Å². The average molecular weight is 234 g/mol. The zero-order valence-corrected chi connectivity index (χ0v) is 10.3. The summed E-state index contributed by atoms with van der Waals surface area (Å²) in [4.78, 5) is 11.1. The first-order valence-electron chi connectivity index (χ1n) is 6.13. The van der Waals surface area contributed by atoms with Crippen LogP contribution in [-0.4, -0.2) is 42.8 Å². The summed E-state index contributed by atoms with van der Waals surface area (Å²) in [5.74, 6) is 3.02. The Morgan fingerprint density at radius 3 is 2.76 bits per heavy atom. The zero-order chi connectivity index (χ0) is 11.8. The molecule has 5 nitrogen and oxygen atoms in total. The molecule has 17 heavy (non-hydrogen) atoms. The van der Waals surface area contributed by atoms with E-state index >= 15 is 0 Å². The van der Waals surface area contributed by atoms with Gasteiger partial charge >= 0.3 is 0 Å². The first-order chi connectivity index (χ1) is 8.29. The van der Waals surface area contributed by atoms with Crippen molar-refractivity contribution >= 4 is 5.95 Å². The molecule has 2 saturated heterocycles. The van der Waals surface area contributed by atoms with Gasteiger partial charge in [-0.05, 0) is 18.8 Å². The second-order valence-electron chi connectivity index (χ2n) is 4.90. The van der Waals surface area contributed by atoms with Crippen molar-refractivity contribution in [3.63, 3.8) is 0 Å². The maximum atomic E-state index is 5.08. The number of nitrogens with one attached hydrogen (secondary N) is 1. The number of fused-ring (bicyclic) bond motifs is 1. The van der Waals surface area contributed by atoms with Crippen LogP contribution in [0, 0.1) is 11.8 Å². The highest BCUT2D eigenvalue weighted by atomic mass is 16.5. The monoisotopic (exact) mass is 234 g/mol. The molecule has 1 aromatic rings. The van der Waals surface area contributed by atoms with Gasteiger partial charge in [-0.2, -0.15) is 0 Å². The lowest BCUT2D eigenvalue weighted by Crippen LogP contribution is -2.34. The van der Waals surface area contributed by atoms with Crippen LogP contribution in [0.15, 0.2) is 12.4 Å². The summed E-state index contributed by atoms with van der Waals surface area (Å²) in [6, 6.07) is 0.517. The molecule has 1 aromatic heterocycles. The summed E-state index contributed by atoms with van der Waals surface area (Å²) in [6.07, 6.45) is 3.48. The van der Waals surface area contributed by atoms with E-state index in [9.17, 15) is 0 Å². The first-order valence-corrected chi connectivity index (χ1v) is 6.13. The summed E-state index contributed by atoms with van der Waals surface area (Å²) < 4.78 is 5.08. The third-order valence-electron chi connectivity index (χ3n) is 4.04. The van der Waals surface area contributed by atoms with Gasteiger partial charge < -0.3 is 15.0 Å². The van der Waals surface area contributed by atoms with E-state index in [1.807, 2.05) is 0 Å². The van der Waals surface area contributed by atoms with E-state index in [1.54, 1.807) is 19.5 Å². The highest BCUT2D eigenvalue weighted by Crippen LogP contribution is 2.34. The Morgan fingerprint density at radius 2 is 2.12 bits per heavy atom. The predicted octanol–water partition coefficient (Wildman–Crippen LogP) is 0.529. The van der Waals surface area contributed by atoms with Crippen LogP contribution in [0.1, 0.15) is 6.92 Å². The van der Waals surface area contributed by atoms with Gasteiger partial charge in [0.05, 0.1) is 19.5 Å². The van der Waals surface area contributed by atoms with Gasteiger partial charge in [0, 0.05) is 25.7 Å². The van der Waals surface area contributed by atoms with Gasteiger partial charge in [0.2, 0.25) is 5.95 Å². The van der Waals surface area contributed by atoms with E-state index in [0.29, 0.717) is 11.8 Å². The number of anilines is 1. The van der Waals surface area contributed by atoms with Crippen molar-refractivity contribution in [3.05, 3.63) is 12.4 Å². The van der Waals surface area contributed by atoms with Crippen molar-refractivity contribution in [2.75, 3.05) is 31.6 Å². The van der Waals surface area contributed by atoms with Crippen LogP contribution in [0.5, 0.6) is 5.75 Å². The van der Waals surface area contributed by atoms with Gasteiger partial charge in [-0.1, -0.05) is 0 Å². The molecule has 0 amide bonds. The highest BCUT2D eigenvalue weighted by Gasteiger charge is 2.42. The van der Waals surface area contributed by atoms with Gasteiger partial charge in [-0.15, -0.1) is 0 Å². The van der Waals surface area contributed by atoms with Gasteiger partial charge in [-0.3, -0.25) is 0 Å². The number of aromatic nitrogens is 2. The average Bonchev–Trinajstić information content (AvgIpc) is 2.93. The van der Waals surface area contributed by atoms with E-state index in [1.165, 1.54) is 0 Å². The summed E-state index contributed by atoms with van der Waals surface area (Å²) in [6.45, 7) is 5.58. The molecule has 5 heteroatoms. The van der Waals surface area contributed by atoms with Crippen LogP contribution in [0.2, 0.25) is 0 Å². The molecule has 3 unspecified atom stereocenters. The number of ether oxygens (including phenoxy) is 1. The van der Waals surface area contributed by atoms with E-state index in [0.717, 1.165) is 37.4 Å². The lowest BCUT2D eigenvalue weighted by atomic mass is 9.95. The van der Waals surface area contributed by atoms with Crippen LogP contribution in [-0.2, 0) is 0 Å². The van der Waals surface area contributed by atoms with Crippen molar-refractivity contribution in [2.24, 2.45) is 11.8 Å². The Balaban J connectivity index is 1.80. The van der Waals surface area contributed by atoms with Crippen LogP contribution >= 0.6 is 0 Å². The van der Waals surface area contributed by atoms with E-state index in [-0.39, 0.29) is 0 Å². The standard InChI is InChI=1S/C12H18N4O/c1-8-11-6-13-3-9(11)7-16(8)12-14-4-10(17-2)5-15-12/h4-5,8-9,11,13H,3,6-7H2,1-2H3. The van der Waals surface area contributed by atoms with E-state index in [4.69, 9.17) is 4.74 Å². The third-order valence-corrected chi connectivity index (χ3v) is 4.04. The lowest BCUT2D eigenvalue weighted by Gasteiger charge is -2.24. The third kappa shape index (κ3) is 1.74. The Morgan fingerprint density at radius 1 is 1.35 bits per heavy atom. The van der Waals surface area contributed by atoms with Crippen molar-refractivity contribution in [3.8, 4) is 5.75 Å². The Bertz CT molecular complexity index is 394. The largest absolute Gasteiger partial charge is 0.494 e. The molecule has 2 aliphatic heterocycles. The molecule has 3 atom stereocenters. The number of nitrogens with zero attached hydrogens (tertiary/aromatic N) is 3. The highest BCUT2D eigenvalue weighted by molar-refractivity contribution is 5.36. The van der Waals surface area contributed by atoms with E-state index in [2.05, 4.69) is 27.1 Å². The van der Waals surface area contributed by atoms with Crippen LogP contribution < -0.4 is 15.0 Å². The summed E-state index contributed by atoms with van der Waals surface area (Å²) >= 11 is 0. The summed E-state index contributed by atoms with van der Waals surface area (Å²) in [7, 11) is 1.63. The van der Waals surface area contributed by atoms with Gasteiger partial charge in [0.15, 0.2) is 5.75 Å². The molecule has 0 aromatic carbocycles. The number of hydrogen-bond acceptors (Lipinski definition) is 5. The molecule has 0 spiro atoms. The molecule has 0 aliphatic carbocycles. The Kier molecular flexibility index (Phi) is 2.63.